The molecule has 0 spiro atoms. The third kappa shape index (κ3) is 10.4. The molecule has 0 aromatic heterocycles. The number of aliphatic hydroxyl groups excluding tert-OH is 2. The van der Waals surface area contributed by atoms with Gasteiger partial charge in [-0.05, 0) is 48.6 Å². The van der Waals surface area contributed by atoms with Crippen molar-refractivity contribution in [1.29, 1.82) is 0 Å². The largest absolute Gasteiger partial charge is 0.390 e. The average Bonchev–Trinajstić information content (AvgIpc) is 3.09. The van der Waals surface area contributed by atoms with Crippen LogP contribution in [-0.2, 0) is 20.8 Å². The Labute approximate surface area is 287 Å². The minimum atomic E-state index is -0.899. The van der Waals surface area contributed by atoms with Crippen LogP contribution in [0.2, 0.25) is 0 Å². The zero-order valence-electron chi connectivity index (χ0n) is 28.8. The van der Waals surface area contributed by atoms with Crippen LogP contribution in [-0.4, -0.2) is 121 Å². The van der Waals surface area contributed by atoms with Gasteiger partial charge in [-0.2, -0.15) is 0 Å². The van der Waals surface area contributed by atoms with E-state index in [0.29, 0.717) is 19.4 Å². The Morgan fingerprint density at radius 3 is 2.15 bits per heavy atom. The van der Waals surface area contributed by atoms with Gasteiger partial charge >= 0.3 is 0 Å². The Kier molecular flexibility index (Phi) is 14.9. The maximum Gasteiger partial charge on any atom is 0.173 e. The number of hydrogen-bond acceptors (Lipinski definition) is 11. The smallest absolute Gasteiger partial charge is 0.173 e. The molecule has 3 aliphatic rings. The number of piperazine rings is 1. The number of unbranched alkanes of at least 4 members (excludes halogenated alkanes) is 7. The van der Waals surface area contributed by atoms with E-state index < -0.39 is 54.9 Å². The number of hydrogen-bond donors (Lipinski definition) is 6. The highest BCUT2D eigenvalue weighted by Gasteiger charge is 2.46. The van der Waals surface area contributed by atoms with Gasteiger partial charge in [-0.25, -0.2) is 0 Å². The zero-order valence-corrected chi connectivity index (χ0v) is 28.8. The number of fused-ring (bicyclic) bond motifs is 1. The van der Waals surface area contributed by atoms with Crippen molar-refractivity contribution in [3.63, 3.8) is 0 Å². The molecule has 0 radical (unpaired) electrons. The molecule has 0 unspecified atom stereocenters. The van der Waals surface area contributed by atoms with Crippen molar-refractivity contribution in [2.45, 2.75) is 126 Å². The first-order chi connectivity index (χ1) is 23.3. The van der Waals surface area contributed by atoms with E-state index >= 15 is 0 Å². The second kappa shape index (κ2) is 19.0. The topological polar surface area (TPSA) is 179 Å². The highest BCUT2D eigenvalue weighted by molar-refractivity contribution is 5.85. The lowest BCUT2D eigenvalue weighted by molar-refractivity contribution is -0.272. The molecule has 9 atom stereocenters. The van der Waals surface area contributed by atoms with Crippen LogP contribution in [0.4, 0.5) is 0 Å². The van der Waals surface area contributed by atoms with Crippen LogP contribution in [0.25, 0.3) is 10.8 Å². The van der Waals surface area contributed by atoms with Crippen molar-refractivity contribution in [3.8, 4) is 0 Å². The van der Waals surface area contributed by atoms with Crippen molar-refractivity contribution < 1.29 is 24.4 Å². The fraction of sp³-hybridized carbons (Fsp3) is 0.730. The van der Waals surface area contributed by atoms with Gasteiger partial charge in [-0.15, -0.1) is 0 Å². The molecule has 11 heteroatoms. The van der Waals surface area contributed by atoms with E-state index in [9.17, 15) is 10.2 Å². The second-order valence-corrected chi connectivity index (χ2v) is 14.3. The molecule has 5 rings (SSSR count). The highest BCUT2D eigenvalue weighted by atomic mass is 16.7. The summed E-state index contributed by atoms with van der Waals surface area (Å²) in [6, 6.07) is 13.9. The quantitative estimate of drug-likeness (QED) is 0.136. The summed E-state index contributed by atoms with van der Waals surface area (Å²) >= 11 is 0. The summed E-state index contributed by atoms with van der Waals surface area (Å²) < 4.78 is 18.2. The molecular weight excluding hydrogens is 608 g/mol. The SMILES string of the molecule is NC[C@H]1O[C@H](O[C@H]2[C@H](OCCCCCCCCCCN3CCN(Cc4cccc5ccccc45)CC3)[C@@H](O)[C@H](N)C[C@@H]2N)[C@H](N)C[C@@H]1O. The second-order valence-electron chi connectivity index (χ2n) is 14.3. The minimum absolute atomic E-state index is 0.156. The number of ether oxygens (including phenoxy) is 3. The van der Waals surface area contributed by atoms with E-state index in [1.54, 1.807) is 0 Å². The molecule has 3 fully saturated rings. The number of nitrogens with zero attached hydrogens (tertiary/aromatic N) is 2. The third-order valence-electron chi connectivity index (χ3n) is 10.6. The van der Waals surface area contributed by atoms with Gasteiger partial charge < -0.3 is 52.3 Å². The molecule has 48 heavy (non-hydrogen) atoms. The van der Waals surface area contributed by atoms with E-state index in [1.165, 1.54) is 61.4 Å². The molecular formula is C37H62N6O5. The fourth-order valence-electron chi connectivity index (χ4n) is 7.61. The minimum Gasteiger partial charge on any atom is -0.390 e. The molecule has 1 saturated carbocycles. The Bertz CT molecular complexity index is 1210. The molecule has 2 aromatic carbocycles. The van der Waals surface area contributed by atoms with Crippen molar-refractivity contribution >= 4 is 10.8 Å². The van der Waals surface area contributed by atoms with Gasteiger partial charge in [0.1, 0.15) is 12.2 Å². The monoisotopic (exact) mass is 670 g/mol. The van der Waals surface area contributed by atoms with Crippen LogP contribution in [0, 0.1) is 0 Å². The standard InChI is InChI=1S/C37H62N6O5/c38-24-33-32(44)23-31(41)37(47-33)48-35-30(40)22-29(39)34(45)36(35)46-21-10-6-4-2-1-3-5-9-16-42-17-19-43(20-18-42)25-27-14-11-13-26-12-7-8-15-28(26)27/h7-8,11-15,29-37,44-45H,1-6,9-10,16-25,38-41H2/t29-,30+,31-,32+,33-,34+,35-,36-,37-/m1/s1. The van der Waals surface area contributed by atoms with Gasteiger partial charge in [-0.3, -0.25) is 4.90 Å². The van der Waals surface area contributed by atoms with Gasteiger partial charge in [0.2, 0.25) is 0 Å². The maximum absolute atomic E-state index is 10.9. The van der Waals surface area contributed by atoms with Crippen molar-refractivity contribution in [2.75, 3.05) is 45.9 Å². The molecule has 2 saturated heterocycles. The molecule has 2 aromatic rings. The Hall–Kier alpha value is -1.74. The highest BCUT2D eigenvalue weighted by Crippen LogP contribution is 2.29. The summed E-state index contributed by atoms with van der Waals surface area (Å²) in [5.74, 6) is 0. The Morgan fingerprint density at radius 2 is 1.40 bits per heavy atom. The molecule has 270 valence electrons. The molecule has 10 N–H and O–H groups in total. The lowest BCUT2D eigenvalue weighted by Gasteiger charge is -2.45. The van der Waals surface area contributed by atoms with Gasteiger partial charge in [0.05, 0.1) is 24.4 Å². The summed E-state index contributed by atoms with van der Waals surface area (Å²) in [4.78, 5) is 5.24. The van der Waals surface area contributed by atoms with Crippen LogP contribution in [0.1, 0.15) is 69.8 Å². The van der Waals surface area contributed by atoms with Crippen LogP contribution >= 0.6 is 0 Å². The third-order valence-corrected chi connectivity index (χ3v) is 10.6. The van der Waals surface area contributed by atoms with Crippen molar-refractivity contribution in [1.82, 2.24) is 9.80 Å². The number of nitrogens with two attached hydrogens (primary N) is 4. The first-order valence-electron chi connectivity index (χ1n) is 18.5. The Balaban J connectivity index is 0.903. The number of benzene rings is 2. The van der Waals surface area contributed by atoms with Gasteiger partial charge in [0.15, 0.2) is 6.29 Å². The average molecular weight is 671 g/mol. The summed E-state index contributed by atoms with van der Waals surface area (Å²) in [6.45, 7) is 7.51. The van der Waals surface area contributed by atoms with Gasteiger partial charge in [0, 0.05) is 58.0 Å². The lowest BCUT2D eigenvalue weighted by Crippen LogP contribution is -2.65. The number of rotatable bonds is 17. The molecule has 2 heterocycles. The summed E-state index contributed by atoms with van der Waals surface area (Å²) in [5, 5.41) is 23.7. The first-order valence-corrected chi connectivity index (χ1v) is 18.5. The van der Waals surface area contributed by atoms with Crippen molar-refractivity contribution in [3.05, 3.63) is 48.0 Å². The zero-order chi connectivity index (χ0) is 33.9. The molecule has 2 aliphatic heterocycles. The summed E-state index contributed by atoms with van der Waals surface area (Å²) in [7, 11) is 0. The van der Waals surface area contributed by atoms with Crippen molar-refractivity contribution in [2.24, 2.45) is 22.9 Å². The molecule has 1 aliphatic carbocycles. The predicted octanol–water partition coefficient (Wildman–Crippen LogP) is 2.03. The molecule has 11 nitrogen and oxygen atoms in total. The normalized spacial score (nSPS) is 32.2. The van der Waals surface area contributed by atoms with Crippen LogP contribution in [0.15, 0.2) is 42.5 Å². The fourth-order valence-corrected chi connectivity index (χ4v) is 7.61. The predicted molar refractivity (Wildman–Crippen MR) is 190 cm³/mol. The molecule has 0 bridgehead atoms. The molecule has 0 amide bonds. The summed E-state index contributed by atoms with van der Waals surface area (Å²) in [6.07, 6.45) is 5.92. The van der Waals surface area contributed by atoms with Crippen LogP contribution < -0.4 is 22.9 Å². The van der Waals surface area contributed by atoms with E-state index in [0.717, 1.165) is 45.6 Å². The number of aliphatic hydroxyl groups is 2. The van der Waals surface area contributed by atoms with Gasteiger partial charge in [0.25, 0.3) is 0 Å². The Morgan fingerprint density at radius 1 is 0.729 bits per heavy atom. The van der Waals surface area contributed by atoms with E-state index in [4.69, 9.17) is 37.1 Å². The maximum atomic E-state index is 10.9. The first kappa shape index (κ1) is 37.5. The van der Waals surface area contributed by atoms with Gasteiger partial charge in [-0.1, -0.05) is 81.0 Å². The van der Waals surface area contributed by atoms with E-state index in [1.807, 2.05) is 0 Å². The van der Waals surface area contributed by atoms with Crippen LogP contribution in [0.3, 0.4) is 0 Å². The lowest BCUT2D eigenvalue weighted by atomic mass is 9.84. The van der Waals surface area contributed by atoms with Crippen LogP contribution in [0.5, 0.6) is 0 Å². The van der Waals surface area contributed by atoms with E-state index in [-0.39, 0.29) is 6.54 Å². The summed E-state index contributed by atoms with van der Waals surface area (Å²) in [5.41, 5.74) is 26.0. The van der Waals surface area contributed by atoms with E-state index in [2.05, 4.69) is 52.3 Å².